The second kappa shape index (κ2) is 30.0. The van der Waals surface area contributed by atoms with Crippen LogP contribution in [-0.2, 0) is 105 Å². The standard InChI is InChI=1S/C71H74O11/c1-9-25-52(26-10-1)42-72-51-62-64(75-44-54-29-13-3-14-30-54)63(74-43-53-27-11-2-12-28-53)61(41-60-50-73-60)71(81-62)82-70-68(79-48-58-37-21-7-22-38-58)66(77-46-56-33-17-5-18-34-56)65(76-45-55-31-15-4-16-32-55)67(78-47-57-35-19-6-20-36-57)69(70)80-49-59-39-23-8-24-40-59/h1-40,60-71H,41-51H2/t60?,61-,62-,63-,64-,65?,66-,67+,68-,69-,70?,71-/m1/s1. The van der Waals surface area contributed by atoms with Gasteiger partial charge in [0, 0.05) is 5.92 Å². The van der Waals surface area contributed by atoms with E-state index in [0.717, 1.165) is 44.5 Å². The summed E-state index contributed by atoms with van der Waals surface area (Å²) in [6.07, 6.45) is -7.10. The smallest absolute Gasteiger partial charge is 0.164 e. The van der Waals surface area contributed by atoms with E-state index >= 15 is 0 Å². The Hall–Kier alpha value is -6.68. The molecule has 3 fully saturated rings. The number of benzene rings is 8. The van der Waals surface area contributed by atoms with Crippen LogP contribution in [0.2, 0.25) is 0 Å². The lowest BCUT2D eigenvalue weighted by Crippen LogP contribution is -2.69. The molecule has 3 unspecified atom stereocenters. The van der Waals surface area contributed by atoms with Gasteiger partial charge in [0.2, 0.25) is 0 Å². The van der Waals surface area contributed by atoms with Crippen LogP contribution in [0, 0.1) is 5.92 Å². The van der Waals surface area contributed by atoms with E-state index in [4.69, 9.17) is 52.1 Å². The third-order valence-electron chi connectivity index (χ3n) is 15.3. The Kier molecular flexibility index (Phi) is 20.9. The van der Waals surface area contributed by atoms with Gasteiger partial charge in [-0.05, 0) is 50.9 Å². The van der Waals surface area contributed by atoms with Crippen molar-refractivity contribution < 1.29 is 52.1 Å². The minimum absolute atomic E-state index is 0.0514. The molecule has 2 aliphatic heterocycles. The maximum absolute atomic E-state index is 7.91. The van der Waals surface area contributed by atoms with E-state index in [2.05, 4.69) is 97.1 Å². The number of hydrogen-bond acceptors (Lipinski definition) is 11. The molecule has 0 amide bonds. The first-order valence-corrected chi connectivity index (χ1v) is 28.8. The summed E-state index contributed by atoms with van der Waals surface area (Å²) >= 11 is 0. The van der Waals surface area contributed by atoms with Gasteiger partial charge in [-0.15, -0.1) is 0 Å². The molecule has 424 valence electrons. The van der Waals surface area contributed by atoms with Crippen LogP contribution in [0.3, 0.4) is 0 Å². The molecule has 0 N–H and O–H groups in total. The van der Waals surface area contributed by atoms with Crippen molar-refractivity contribution >= 4 is 0 Å². The molecule has 0 bridgehead atoms. The predicted octanol–water partition coefficient (Wildman–Crippen LogP) is 12.8. The Bertz CT molecular complexity index is 2920. The van der Waals surface area contributed by atoms with E-state index < -0.39 is 67.1 Å². The summed E-state index contributed by atoms with van der Waals surface area (Å²) < 4.78 is 79.2. The largest absolute Gasteiger partial charge is 0.374 e. The van der Waals surface area contributed by atoms with Crippen molar-refractivity contribution in [3.63, 3.8) is 0 Å². The van der Waals surface area contributed by atoms with Gasteiger partial charge in [0.15, 0.2) is 6.29 Å². The molecule has 11 nitrogen and oxygen atoms in total. The number of rotatable bonds is 29. The molecular weight excluding hydrogens is 1030 g/mol. The van der Waals surface area contributed by atoms with Crippen molar-refractivity contribution in [3.8, 4) is 0 Å². The fourth-order valence-electron chi connectivity index (χ4n) is 11.0. The summed E-state index contributed by atoms with van der Waals surface area (Å²) in [5.74, 6) is -0.425. The third-order valence-corrected chi connectivity index (χ3v) is 15.3. The molecule has 2 saturated heterocycles. The van der Waals surface area contributed by atoms with Crippen LogP contribution in [0.15, 0.2) is 243 Å². The molecule has 8 aromatic carbocycles. The monoisotopic (exact) mass is 1100 g/mol. The molecule has 11 heteroatoms. The summed E-state index contributed by atoms with van der Waals surface area (Å²) in [5, 5.41) is 0. The van der Waals surface area contributed by atoms with Crippen LogP contribution in [0.25, 0.3) is 0 Å². The van der Waals surface area contributed by atoms with Crippen molar-refractivity contribution in [2.45, 2.75) is 127 Å². The Labute approximate surface area is 482 Å². The van der Waals surface area contributed by atoms with Crippen molar-refractivity contribution in [1.29, 1.82) is 0 Å². The van der Waals surface area contributed by atoms with Crippen molar-refractivity contribution in [3.05, 3.63) is 287 Å². The zero-order chi connectivity index (χ0) is 55.4. The number of epoxide rings is 1. The predicted molar refractivity (Wildman–Crippen MR) is 313 cm³/mol. The van der Waals surface area contributed by atoms with Gasteiger partial charge in [0.1, 0.15) is 48.8 Å². The van der Waals surface area contributed by atoms with Crippen molar-refractivity contribution in [2.75, 3.05) is 13.2 Å². The second-order valence-corrected chi connectivity index (χ2v) is 21.3. The highest BCUT2D eigenvalue weighted by Crippen LogP contribution is 2.42. The highest BCUT2D eigenvalue weighted by molar-refractivity contribution is 5.21. The normalized spacial score (nSPS) is 25.1. The van der Waals surface area contributed by atoms with Gasteiger partial charge >= 0.3 is 0 Å². The fraction of sp³-hybridized carbons (Fsp3) is 0.324. The van der Waals surface area contributed by atoms with Crippen LogP contribution in [0.1, 0.15) is 50.9 Å². The SMILES string of the molecule is c1ccc(COC[C@H]2O[C@H](OC3[C@H](OCc4ccccc4)[C@H](OCc4ccccc4)C(OCc4ccccc4)[C@H](OCc4ccccc4)[C@H]3OCc3ccccc3)[C@H](CC3CO3)[C@@H](OCc3ccccc3)[C@@H]2OCc2ccccc2)cc1. The molecule has 0 radical (unpaired) electrons. The minimum Gasteiger partial charge on any atom is -0.374 e. The summed E-state index contributed by atoms with van der Waals surface area (Å²) in [7, 11) is 0. The van der Waals surface area contributed by atoms with E-state index in [9.17, 15) is 0 Å². The highest BCUT2D eigenvalue weighted by Gasteiger charge is 2.58. The lowest BCUT2D eigenvalue weighted by atomic mass is 9.82. The molecular formula is C71H74O11. The summed E-state index contributed by atoms with van der Waals surface area (Å²) in [5.41, 5.74) is 8.04. The van der Waals surface area contributed by atoms with Gasteiger partial charge in [0.05, 0.1) is 78.3 Å². The van der Waals surface area contributed by atoms with E-state index in [1.807, 2.05) is 146 Å². The maximum Gasteiger partial charge on any atom is 0.164 e. The lowest BCUT2D eigenvalue weighted by molar-refractivity contribution is -0.354. The minimum atomic E-state index is -0.936. The Morgan fingerprint density at radius 1 is 0.293 bits per heavy atom. The van der Waals surface area contributed by atoms with Crippen LogP contribution in [0.4, 0.5) is 0 Å². The molecule has 1 saturated carbocycles. The quantitative estimate of drug-likeness (QED) is 0.0419. The van der Waals surface area contributed by atoms with Crippen LogP contribution in [-0.4, -0.2) is 80.5 Å². The van der Waals surface area contributed by atoms with E-state index in [1.165, 1.54) is 0 Å². The van der Waals surface area contributed by atoms with E-state index in [-0.39, 0.29) is 45.7 Å². The number of ether oxygens (including phenoxy) is 11. The van der Waals surface area contributed by atoms with Gasteiger partial charge in [-0.25, -0.2) is 0 Å². The third kappa shape index (κ3) is 16.3. The Morgan fingerprint density at radius 3 is 0.841 bits per heavy atom. The summed E-state index contributed by atoms with van der Waals surface area (Å²) in [4.78, 5) is 0. The molecule has 82 heavy (non-hydrogen) atoms. The van der Waals surface area contributed by atoms with Crippen LogP contribution in [0.5, 0.6) is 0 Å². The topological polar surface area (TPSA) is 105 Å². The Balaban J connectivity index is 1.03. The molecule has 2 heterocycles. The zero-order valence-electron chi connectivity index (χ0n) is 46.3. The molecule has 3 aliphatic rings. The molecule has 12 atom stereocenters. The first kappa shape index (κ1) is 57.2. The van der Waals surface area contributed by atoms with Crippen LogP contribution < -0.4 is 0 Å². The second-order valence-electron chi connectivity index (χ2n) is 21.3. The van der Waals surface area contributed by atoms with E-state index in [0.29, 0.717) is 32.8 Å². The average Bonchev–Trinajstić information content (AvgIpc) is 4.50. The number of hydrogen-bond donors (Lipinski definition) is 0. The Morgan fingerprint density at radius 2 is 0.549 bits per heavy atom. The molecule has 0 aromatic heterocycles. The van der Waals surface area contributed by atoms with Crippen molar-refractivity contribution in [2.24, 2.45) is 5.92 Å². The van der Waals surface area contributed by atoms with Gasteiger partial charge < -0.3 is 52.1 Å². The van der Waals surface area contributed by atoms with Crippen LogP contribution >= 0.6 is 0 Å². The van der Waals surface area contributed by atoms with E-state index in [1.54, 1.807) is 0 Å². The fourth-order valence-corrected chi connectivity index (χ4v) is 11.0. The molecule has 11 rings (SSSR count). The summed E-state index contributed by atoms with van der Waals surface area (Å²) in [6.45, 7) is 3.06. The maximum atomic E-state index is 7.91. The van der Waals surface area contributed by atoms with Gasteiger partial charge in [0.25, 0.3) is 0 Å². The summed E-state index contributed by atoms with van der Waals surface area (Å²) in [6, 6.07) is 81.6. The lowest BCUT2D eigenvalue weighted by Gasteiger charge is -2.52. The highest BCUT2D eigenvalue weighted by atomic mass is 16.7. The van der Waals surface area contributed by atoms with Gasteiger partial charge in [-0.1, -0.05) is 243 Å². The average molecular weight is 1100 g/mol. The first-order chi connectivity index (χ1) is 40.7. The molecule has 0 spiro atoms. The van der Waals surface area contributed by atoms with Gasteiger partial charge in [-0.2, -0.15) is 0 Å². The van der Waals surface area contributed by atoms with Gasteiger partial charge in [-0.3, -0.25) is 0 Å². The zero-order valence-corrected chi connectivity index (χ0v) is 46.3. The van der Waals surface area contributed by atoms with Crippen molar-refractivity contribution in [1.82, 2.24) is 0 Å². The first-order valence-electron chi connectivity index (χ1n) is 28.8. The molecule has 8 aromatic rings. The molecule has 1 aliphatic carbocycles.